The van der Waals surface area contributed by atoms with Crippen LogP contribution in [0.1, 0.15) is 53.5 Å². The number of carbonyl (C=O) groups excluding carboxylic acids is 1. The van der Waals surface area contributed by atoms with Crippen molar-refractivity contribution in [1.82, 2.24) is 4.98 Å². The molecule has 5 rings (SSSR count). The van der Waals surface area contributed by atoms with Crippen LogP contribution in [-0.2, 0) is 9.84 Å². The number of pyridine rings is 1. The fourth-order valence-electron chi connectivity index (χ4n) is 6.01. The summed E-state index contributed by atoms with van der Waals surface area (Å²) in [6, 6.07) is 11.9. The first-order valence-electron chi connectivity index (χ1n) is 12.5. The molecule has 0 unspecified atom stereocenters. The Labute approximate surface area is 229 Å². The number of benzene rings is 2. The van der Waals surface area contributed by atoms with Gasteiger partial charge in [-0.05, 0) is 86.9 Å². The second-order valence-electron chi connectivity index (χ2n) is 10.3. The van der Waals surface area contributed by atoms with Crippen LogP contribution in [-0.4, -0.2) is 40.4 Å². The first-order valence-corrected chi connectivity index (χ1v) is 14.5. The average Bonchev–Trinajstić information content (AvgIpc) is 3.05. The molecule has 0 spiro atoms. The van der Waals surface area contributed by atoms with Crippen LogP contribution in [0.2, 0.25) is 5.02 Å². The van der Waals surface area contributed by atoms with E-state index in [-0.39, 0.29) is 34.0 Å². The van der Waals surface area contributed by atoms with Gasteiger partial charge in [0.1, 0.15) is 11.7 Å². The fraction of sp³-hybridized carbons (Fsp3) is 0.357. The second kappa shape index (κ2) is 10.2. The smallest absolute Gasteiger partial charge is 0.255 e. The van der Waals surface area contributed by atoms with E-state index in [1.807, 2.05) is 0 Å². The topological polar surface area (TPSA) is 117 Å². The summed E-state index contributed by atoms with van der Waals surface area (Å²) in [5, 5.41) is 24.3. The van der Waals surface area contributed by atoms with Crippen molar-refractivity contribution < 1.29 is 32.2 Å². The number of nitrogens with zero attached hydrogens (tertiary/aromatic N) is 1. The highest BCUT2D eigenvalue weighted by atomic mass is 35.5. The number of halogens is 3. The van der Waals surface area contributed by atoms with Gasteiger partial charge in [0.05, 0.1) is 20.9 Å². The largest absolute Gasteiger partial charge is 0.386 e. The summed E-state index contributed by atoms with van der Waals surface area (Å²) >= 11 is 6.29. The lowest BCUT2D eigenvalue weighted by atomic mass is 9.70. The molecular weight excluding hydrogens is 550 g/mol. The molecule has 206 valence electrons. The Morgan fingerprint density at radius 3 is 2.41 bits per heavy atom. The van der Waals surface area contributed by atoms with E-state index in [0.29, 0.717) is 24.2 Å². The Kier molecular flexibility index (Phi) is 7.26. The molecular formula is C28H27ClF2N2O5S. The van der Waals surface area contributed by atoms with E-state index in [9.17, 15) is 32.2 Å². The fourth-order valence-corrected chi connectivity index (χ4v) is 8.42. The van der Waals surface area contributed by atoms with Crippen molar-refractivity contribution in [2.45, 2.75) is 54.5 Å². The molecule has 2 fully saturated rings. The third-order valence-corrected chi connectivity index (χ3v) is 10.7. The van der Waals surface area contributed by atoms with Crippen LogP contribution in [0.5, 0.6) is 0 Å². The highest BCUT2D eigenvalue weighted by Gasteiger charge is 2.59. The molecule has 1 heterocycles. The zero-order valence-corrected chi connectivity index (χ0v) is 22.5. The number of aliphatic hydroxyl groups is 2. The molecule has 11 heteroatoms. The van der Waals surface area contributed by atoms with Crippen molar-refractivity contribution in [2.75, 3.05) is 5.32 Å². The second-order valence-corrected chi connectivity index (χ2v) is 12.9. The molecule has 1 amide bonds. The Bertz CT molecular complexity index is 1540. The van der Waals surface area contributed by atoms with Crippen LogP contribution < -0.4 is 5.32 Å². The summed E-state index contributed by atoms with van der Waals surface area (Å²) in [5.41, 5.74) is -0.495. The number of aromatic nitrogens is 1. The first-order chi connectivity index (χ1) is 18.4. The van der Waals surface area contributed by atoms with E-state index in [0.717, 1.165) is 12.1 Å². The maximum absolute atomic E-state index is 13.8. The van der Waals surface area contributed by atoms with E-state index in [2.05, 4.69) is 10.3 Å². The quantitative estimate of drug-likeness (QED) is 0.380. The summed E-state index contributed by atoms with van der Waals surface area (Å²) in [5.74, 6) is -3.88. The molecule has 0 saturated heterocycles. The molecule has 0 aliphatic heterocycles. The SMILES string of the molecule is Cc1cccc([C@H](O)[C@@]2(O)[C@@H]3CC[C@H]2C[C@H](S(=O)(=O)c2cc(C(=O)Nc4ccc(F)c(F)c4)ccc2Cl)C3)n1. The van der Waals surface area contributed by atoms with Crippen molar-refractivity contribution in [3.8, 4) is 0 Å². The monoisotopic (exact) mass is 576 g/mol. The van der Waals surface area contributed by atoms with Crippen LogP contribution in [0.3, 0.4) is 0 Å². The van der Waals surface area contributed by atoms with E-state index in [4.69, 9.17) is 11.6 Å². The number of aliphatic hydroxyl groups excluding tert-OH is 1. The van der Waals surface area contributed by atoms with Gasteiger partial charge in [-0.25, -0.2) is 17.2 Å². The third kappa shape index (κ3) is 4.95. The summed E-state index contributed by atoms with van der Waals surface area (Å²) in [4.78, 5) is 16.9. The van der Waals surface area contributed by atoms with Crippen LogP contribution >= 0.6 is 11.6 Å². The zero-order valence-electron chi connectivity index (χ0n) is 20.9. The lowest BCUT2D eigenvalue weighted by Gasteiger charge is -2.45. The van der Waals surface area contributed by atoms with Gasteiger partial charge in [0.25, 0.3) is 5.91 Å². The molecule has 7 nitrogen and oxygen atoms in total. The highest BCUT2D eigenvalue weighted by molar-refractivity contribution is 7.92. The van der Waals surface area contributed by atoms with Gasteiger partial charge in [0.2, 0.25) is 0 Å². The van der Waals surface area contributed by atoms with E-state index >= 15 is 0 Å². The molecule has 2 bridgehead atoms. The van der Waals surface area contributed by atoms with Crippen molar-refractivity contribution >= 4 is 33.0 Å². The molecule has 2 aliphatic carbocycles. The average molecular weight is 577 g/mol. The zero-order chi connectivity index (χ0) is 28.1. The summed E-state index contributed by atoms with van der Waals surface area (Å²) < 4.78 is 54.3. The van der Waals surface area contributed by atoms with Crippen molar-refractivity contribution in [3.05, 3.63) is 88.2 Å². The predicted octanol–water partition coefficient (Wildman–Crippen LogP) is 5.00. The van der Waals surface area contributed by atoms with E-state index in [1.165, 1.54) is 24.3 Å². The minimum absolute atomic E-state index is 0.00283. The number of amides is 1. The van der Waals surface area contributed by atoms with Gasteiger partial charge in [0.15, 0.2) is 21.5 Å². The standard InChI is InChI=1S/C28H27ClF2N2O5S/c1-15-3-2-4-24(32-15)26(34)28(36)17-6-7-18(28)13-20(12-17)39(37,38)25-11-16(5-9-21(25)29)27(35)33-19-8-10-22(30)23(31)14-19/h2-5,8-11,14,17-18,20,26,34,36H,6-7,12-13H2,1H3,(H,33,35)/t17-,18+,20-,26-,28-/m0/s1. The molecule has 2 aromatic carbocycles. The maximum atomic E-state index is 13.8. The lowest BCUT2D eigenvalue weighted by Crippen LogP contribution is -2.52. The normalized spacial score (nSPS) is 25.3. The molecule has 0 radical (unpaired) electrons. The van der Waals surface area contributed by atoms with Gasteiger partial charge in [0, 0.05) is 23.0 Å². The molecule has 5 atom stereocenters. The van der Waals surface area contributed by atoms with Gasteiger partial charge in [-0.2, -0.15) is 0 Å². The third-order valence-electron chi connectivity index (χ3n) is 8.01. The van der Waals surface area contributed by atoms with E-state index in [1.54, 1.807) is 25.1 Å². The van der Waals surface area contributed by atoms with Gasteiger partial charge in [-0.1, -0.05) is 17.7 Å². The first kappa shape index (κ1) is 27.6. The van der Waals surface area contributed by atoms with Gasteiger partial charge >= 0.3 is 0 Å². The molecule has 2 aliphatic rings. The van der Waals surface area contributed by atoms with Crippen molar-refractivity contribution in [3.63, 3.8) is 0 Å². The number of fused-ring (bicyclic) bond motifs is 2. The Hall–Kier alpha value is -2.92. The van der Waals surface area contributed by atoms with E-state index < -0.39 is 56.2 Å². The molecule has 39 heavy (non-hydrogen) atoms. The number of nitrogens with one attached hydrogen (secondary N) is 1. The van der Waals surface area contributed by atoms with Crippen molar-refractivity contribution in [1.29, 1.82) is 0 Å². The molecule has 3 N–H and O–H groups in total. The minimum Gasteiger partial charge on any atom is -0.386 e. The van der Waals surface area contributed by atoms with Gasteiger partial charge < -0.3 is 15.5 Å². The maximum Gasteiger partial charge on any atom is 0.255 e. The highest BCUT2D eigenvalue weighted by Crippen LogP contribution is 2.56. The number of rotatable bonds is 6. The number of hydrogen-bond donors (Lipinski definition) is 3. The lowest BCUT2D eigenvalue weighted by molar-refractivity contribution is -0.145. The number of carbonyl (C=O) groups is 1. The Morgan fingerprint density at radius 2 is 1.77 bits per heavy atom. The summed E-state index contributed by atoms with van der Waals surface area (Å²) in [6.07, 6.45) is 0.0751. The Balaban J connectivity index is 1.39. The molecule has 1 aromatic heterocycles. The number of aryl methyl sites for hydroxylation is 1. The van der Waals surface area contributed by atoms with Crippen molar-refractivity contribution in [2.24, 2.45) is 11.8 Å². The van der Waals surface area contributed by atoms with Crippen LogP contribution in [0, 0.1) is 30.4 Å². The predicted molar refractivity (Wildman–Crippen MR) is 141 cm³/mol. The van der Waals surface area contributed by atoms with Crippen LogP contribution in [0.15, 0.2) is 59.5 Å². The molecule has 3 aromatic rings. The minimum atomic E-state index is -4.04. The summed E-state index contributed by atoms with van der Waals surface area (Å²) in [7, 11) is -4.04. The molecule has 2 saturated carbocycles. The number of anilines is 1. The van der Waals surface area contributed by atoms with Crippen LogP contribution in [0.4, 0.5) is 14.5 Å². The number of hydrogen-bond acceptors (Lipinski definition) is 6. The Morgan fingerprint density at radius 1 is 1.08 bits per heavy atom. The number of sulfone groups is 1. The van der Waals surface area contributed by atoms with Gasteiger partial charge in [-0.3, -0.25) is 9.78 Å². The van der Waals surface area contributed by atoms with Crippen LogP contribution in [0.25, 0.3) is 0 Å². The summed E-state index contributed by atoms with van der Waals surface area (Å²) in [6.45, 7) is 1.79. The van der Waals surface area contributed by atoms with Gasteiger partial charge in [-0.15, -0.1) is 0 Å².